The normalized spacial score (nSPS) is 11.5. The number of rotatable bonds is 6. The van der Waals surface area contributed by atoms with Crippen LogP contribution in [0.3, 0.4) is 0 Å². The van der Waals surface area contributed by atoms with Gasteiger partial charge in [0.05, 0.1) is 19.9 Å². The van der Waals surface area contributed by atoms with Gasteiger partial charge in [0.15, 0.2) is 6.10 Å². The van der Waals surface area contributed by atoms with E-state index in [9.17, 15) is 4.79 Å². The second-order valence-corrected chi connectivity index (χ2v) is 5.54. The third kappa shape index (κ3) is 3.98. The Bertz CT molecular complexity index is 707. The van der Waals surface area contributed by atoms with Crippen molar-refractivity contribution >= 4 is 11.6 Å². The lowest BCUT2D eigenvalue weighted by Crippen LogP contribution is -2.30. The molecule has 0 saturated carbocycles. The van der Waals surface area contributed by atoms with Gasteiger partial charge in [0, 0.05) is 6.07 Å². The third-order valence-electron chi connectivity index (χ3n) is 3.74. The third-order valence-corrected chi connectivity index (χ3v) is 3.74. The van der Waals surface area contributed by atoms with Crippen molar-refractivity contribution < 1.29 is 19.0 Å². The van der Waals surface area contributed by atoms with Gasteiger partial charge in [-0.1, -0.05) is 18.2 Å². The first-order chi connectivity index (χ1) is 11.5. The molecule has 0 heterocycles. The van der Waals surface area contributed by atoms with Crippen LogP contribution in [-0.4, -0.2) is 26.2 Å². The first-order valence-corrected chi connectivity index (χ1v) is 7.72. The van der Waals surface area contributed by atoms with Crippen LogP contribution in [0.5, 0.6) is 17.2 Å². The van der Waals surface area contributed by atoms with Crippen LogP contribution in [0, 0.1) is 13.8 Å². The zero-order chi connectivity index (χ0) is 17.7. The fraction of sp³-hybridized carbons (Fsp3) is 0.316. The van der Waals surface area contributed by atoms with Crippen molar-refractivity contribution in [2.45, 2.75) is 26.9 Å². The molecule has 1 amide bonds. The van der Waals surface area contributed by atoms with E-state index in [2.05, 4.69) is 5.32 Å². The summed E-state index contributed by atoms with van der Waals surface area (Å²) in [5, 5.41) is 2.83. The number of carbonyl (C=O) groups excluding carboxylic acids is 1. The van der Waals surface area contributed by atoms with Gasteiger partial charge in [-0.05, 0) is 44.0 Å². The molecule has 0 aliphatic rings. The highest BCUT2D eigenvalue weighted by atomic mass is 16.5. The first kappa shape index (κ1) is 17.7. The van der Waals surface area contributed by atoms with Crippen molar-refractivity contribution in [1.29, 1.82) is 0 Å². The van der Waals surface area contributed by atoms with Gasteiger partial charge in [-0.3, -0.25) is 4.79 Å². The predicted molar refractivity (Wildman–Crippen MR) is 94.2 cm³/mol. The predicted octanol–water partition coefficient (Wildman–Crippen LogP) is 3.73. The number of anilines is 1. The topological polar surface area (TPSA) is 56.8 Å². The summed E-state index contributed by atoms with van der Waals surface area (Å²) >= 11 is 0. The fourth-order valence-electron chi connectivity index (χ4n) is 2.36. The minimum absolute atomic E-state index is 0.260. The smallest absolute Gasteiger partial charge is 0.265 e. The van der Waals surface area contributed by atoms with Crippen molar-refractivity contribution in [3.05, 3.63) is 47.5 Å². The molecule has 5 heteroatoms. The van der Waals surface area contributed by atoms with E-state index in [1.165, 1.54) is 0 Å². The van der Waals surface area contributed by atoms with Crippen molar-refractivity contribution in [2.75, 3.05) is 19.5 Å². The highest BCUT2D eigenvalue weighted by molar-refractivity contribution is 5.95. The van der Waals surface area contributed by atoms with Crippen molar-refractivity contribution in [3.8, 4) is 17.2 Å². The SMILES string of the molecule is COc1ccc(OC)c(NC(=O)C(C)Oc2c(C)cccc2C)c1. The van der Waals surface area contributed by atoms with Crippen LogP contribution in [0.15, 0.2) is 36.4 Å². The van der Waals surface area contributed by atoms with Gasteiger partial charge >= 0.3 is 0 Å². The molecule has 1 N–H and O–H groups in total. The molecule has 0 aromatic heterocycles. The Morgan fingerprint density at radius 2 is 1.71 bits per heavy atom. The number of para-hydroxylation sites is 1. The van der Waals surface area contributed by atoms with Crippen LogP contribution in [0.1, 0.15) is 18.1 Å². The number of amides is 1. The monoisotopic (exact) mass is 329 g/mol. The van der Waals surface area contributed by atoms with Gasteiger partial charge in [-0.2, -0.15) is 0 Å². The Morgan fingerprint density at radius 3 is 2.29 bits per heavy atom. The molecule has 24 heavy (non-hydrogen) atoms. The van der Waals surface area contributed by atoms with E-state index in [1.807, 2.05) is 32.0 Å². The number of aryl methyl sites for hydroxylation is 2. The van der Waals surface area contributed by atoms with Crippen molar-refractivity contribution in [1.82, 2.24) is 0 Å². The van der Waals surface area contributed by atoms with Crippen LogP contribution in [0.25, 0.3) is 0 Å². The molecule has 2 rings (SSSR count). The number of hydrogen-bond acceptors (Lipinski definition) is 4. The van der Waals surface area contributed by atoms with Crippen LogP contribution < -0.4 is 19.5 Å². The second kappa shape index (κ2) is 7.73. The number of carbonyl (C=O) groups is 1. The molecular formula is C19H23NO4. The summed E-state index contributed by atoms with van der Waals surface area (Å²) in [7, 11) is 3.12. The number of ether oxygens (including phenoxy) is 3. The summed E-state index contributed by atoms with van der Waals surface area (Å²) in [6.07, 6.45) is -0.652. The molecule has 5 nitrogen and oxygen atoms in total. The van der Waals surface area contributed by atoms with E-state index in [4.69, 9.17) is 14.2 Å². The maximum Gasteiger partial charge on any atom is 0.265 e. The molecule has 1 atom stereocenters. The zero-order valence-electron chi connectivity index (χ0n) is 14.7. The minimum atomic E-state index is -0.652. The first-order valence-electron chi connectivity index (χ1n) is 7.72. The van der Waals surface area contributed by atoms with Crippen LogP contribution in [-0.2, 0) is 4.79 Å². The summed E-state index contributed by atoms with van der Waals surface area (Å²) in [4.78, 5) is 12.5. The van der Waals surface area contributed by atoms with Crippen LogP contribution >= 0.6 is 0 Å². The van der Waals surface area contributed by atoms with Crippen molar-refractivity contribution in [2.24, 2.45) is 0 Å². The van der Waals surface area contributed by atoms with Crippen LogP contribution in [0.2, 0.25) is 0 Å². The number of benzene rings is 2. The summed E-state index contributed by atoms with van der Waals surface area (Å²) in [5.74, 6) is 1.67. The second-order valence-electron chi connectivity index (χ2n) is 5.54. The number of nitrogens with one attached hydrogen (secondary N) is 1. The number of hydrogen-bond donors (Lipinski definition) is 1. The Hall–Kier alpha value is -2.69. The summed E-state index contributed by atoms with van der Waals surface area (Å²) in [6.45, 7) is 5.63. The Morgan fingerprint density at radius 1 is 1.04 bits per heavy atom. The number of methoxy groups -OCH3 is 2. The maximum atomic E-state index is 12.5. The van der Waals surface area contributed by atoms with E-state index in [0.29, 0.717) is 17.2 Å². The van der Waals surface area contributed by atoms with E-state index in [1.54, 1.807) is 39.3 Å². The van der Waals surface area contributed by atoms with Crippen LogP contribution in [0.4, 0.5) is 5.69 Å². The Kier molecular flexibility index (Phi) is 5.68. The molecule has 0 aliphatic heterocycles. The lowest BCUT2D eigenvalue weighted by Gasteiger charge is -2.19. The maximum absolute atomic E-state index is 12.5. The molecule has 0 aliphatic carbocycles. The largest absolute Gasteiger partial charge is 0.497 e. The van der Waals surface area contributed by atoms with Gasteiger partial charge in [-0.25, -0.2) is 0 Å². The minimum Gasteiger partial charge on any atom is -0.497 e. The fourth-order valence-corrected chi connectivity index (χ4v) is 2.36. The molecule has 128 valence electrons. The molecule has 2 aromatic rings. The molecule has 0 radical (unpaired) electrons. The van der Waals surface area contributed by atoms with Gasteiger partial charge < -0.3 is 19.5 Å². The highest BCUT2D eigenvalue weighted by Crippen LogP contribution is 2.29. The van der Waals surface area contributed by atoms with E-state index >= 15 is 0 Å². The van der Waals surface area contributed by atoms with Gasteiger partial charge in [0.25, 0.3) is 5.91 Å². The highest BCUT2D eigenvalue weighted by Gasteiger charge is 2.18. The van der Waals surface area contributed by atoms with Crippen molar-refractivity contribution in [3.63, 3.8) is 0 Å². The van der Waals surface area contributed by atoms with Gasteiger partial charge in [-0.15, -0.1) is 0 Å². The Labute approximate surface area is 142 Å². The van der Waals surface area contributed by atoms with Gasteiger partial charge in [0.2, 0.25) is 0 Å². The van der Waals surface area contributed by atoms with E-state index in [0.717, 1.165) is 16.9 Å². The van der Waals surface area contributed by atoms with E-state index < -0.39 is 6.10 Å². The zero-order valence-corrected chi connectivity index (χ0v) is 14.7. The summed E-state index contributed by atoms with van der Waals surface area (Å²) in [6, 6.07) is 11.1. The summed E-state index contributed by atoms with van der Waals surface area (Å²) in [5.41, 5.74) is 2.53. The molecular weight excluding hydrogens is 306 g/mol. The standard InChI is InChI=1S/C19H23NO4/c1-12-7-6-8-13(2)18(12)24-14(3)19(21)20-16-11-15(22-4)9-10-17(16)23-5/h6-11,14H,1-5H3,(H,20,21). The average Bonchev–Trinajstić information content (AvgIpc) is 2.57. The molecule has 1 unspecified atom stereocenters. The lowest BCUT2D eigenvalue weighted by molar-refractivity contribution is -0.122. The molecule has 2 aromatic carbocycles. The Balaban J connectivity index is 2.15. The average molecular weight is 329 g/mol. The molecule has 0 saturated heterocycles. The quantitative estimate of drug-likeness (QED) is 0.877. The molecule has 0 fully saturated rings. The molecule has 0 spiro atoms. The summed E-state index contributed by atoms with van der Waals surface area (Å²) < 4.78 is 16.3. The van der Waals surface area contributed by atoms with E-state index in [-0.39, 0.29) is 5.91 Å². The lowest BCUT2D eigenvalue weighted by atomic mass is 10.1. The molecule has 0 bridgehead atoms. The van der Waals surface area contributed by atoms with Gasteiger partial charge in [0.1, 0.15) is 17.2 Å².